The number of nitrogens with zero attached hydrogens (tertiary/aromatic N) is 2. The third kappa shape index (κ3) is 3.57. The van der Waals surface area contributed by atoms with Crippen molar-refractivity contribution in [3.05, 3.63) is 178 Å². The van der Waals surface area contributed by atoms with Gasteiger partial charge in [-0.05, 0) is 84.1 Å². The van der Waals surface area contributed by atoms with E-state index in [-0.39, 0.29) is 27.7 Å². The van der Waals surface area contributed by atoms with Crippen LogP contribution in [0.25, 0.3) is 76.8 Å². The molecule has 2 unspecified atom stereocenters. The van der Waals surface area contributed by atoms with Gasteiger partial charge in [0, 0.05) is 49.1 Å². The number of hydrogen-bond donors (Lipinski definition) is 0. The van der Waals surface area contributed by atoms with Crippen molar-refractivity contribution in [1.82, 2.24) is 9.13 Å². The van der Waals surface area contributed by atoms with E-state index < -0.39 is 0 Å². The minimum atomic E-state index is -0.170. The summed E-state index contributed by atoms with van der Waals surface area (Å²) in [5.41, 5.74) is 21.9. The van der Waals surface area contributed by atoms with Gasteiger partial charge in [-0.3, -0.25) is 0 Å². The molecule has 0 bridgehead atoms. The van der Waals surface area contributed by atoms with Crippen LogP contribution in [-0.4, -0.2) is 9.13 Å². The van der Waals surface area contributed by atoms with E-state index in [1.165, 1.54) is 121 Å². The molecule has 0 spiro atoms. The molecule has 4 aliphatic heterocycles. The van der Waals surface area contributed by atoms with Crippen molar-refractivity contribution in [2.24, 2.45) is 5.92 Å². The fourth-order valence-corrected chi connectivity index (χ4v) is 13.6. The normalized spacial score (nSPS) is 21.4. The van der Waals surface area contributed by atoms with Crippen LogP contribution < -0.4 is 0 Å². The maximum atomic E-state index is 2.75. The highest BCUT2D eigenvalue weighted by atomic mass is 15.1. The van der Waals surface area contributed by atoms with Gasteiger partial charge in [-0.1, -0.05) is 177 Å². The van der Waals surface area contributed by atoms with Crippen molar-refractivity contribution < 1.29 is 0 Å². The lowest BCUT2D eigenvalue weighted by Crippen LogP contribution is -2.46. The SMILES string of the molecule is CC1(C)C2=CC(c3cccc4c(-c5cc6c7c(c5)C(C)(C)c5cccc8c9cccc(c9n-7c58)C6(C)C)cccc34)=CC3C2n2c4c1cccc4c1cccc(c12)C3(C)C. The summed E-state index contributed by atoms with van der Waals surface area (Å²) in [6, 6.07) is 47.6. The molecule has 2 heteroatoms. The monoisotopic (exact) mass is 772 g/mol. The van der Waals surface area contributed by atoms with Crippen LogP contribution in [0.5, 0.6) is 0 Å². The molecule has 7 aromatic carbocycles. The van der Waals surface area contributed by atoms with E-state index in [4.69, 9.17) is 0 Å². The first-order chi connectivity index (χ1) is 28.8. The minimum Gasteiger partial charge on any atom is -0.332 e. The van der Waals surface area contributed by atoms with E-state index in [0.29, 0.717) is 5.92 Å². The lowest BCUT2D eigenvalue weighted by molar-refractivity contribution is 0.262. The predicted octanol–water partition coefficient (Wildman–Crippen LogP) is 14.8. The molecule has 0 saturated heterocycles. The molecule has 290 valence electrons. The van der Waals surface area contributed by atoms with Crippen molar-refractivity contribution in [1.29, 1.82) is 0 Å². The second-order valence-electron chi connectivity index (χ2n) is 20.9. The lowest BCUT2D eigenvalue weighted by Gasteiger charge is -2.52. The Bertz CT molecular complexity index is 3490. The average molecular weight is 773 g/mol. The Hall–Kier alpha value is -6.12. The smallest absolute Gasteiger partial charge is 0.0635 e. The van der Waals surface area contributed by atoms with Gasteiger partial charge in [0.15, 0.2) is 0 Å². The predicted molar refractivity (Wildman–Crippen MR) is 252 cm³/mol. The fourth-order valence-electron chi connectivity index (χ4n) is 13.6. The fraction of sp³-hybridized carbons (Fsp3) is 0.241. The summed E-state index contributed by atoms with van der Waals surface area (Å²) >= 11 is 0. The first-order valence-corrected chi connectivity index (χ1v) is 22.1. The average Bonchev–Trinajstić information content (AvgIpc) is 3.77. The summed E-state index contributed by atoms with van der Waals surface area (Å²) in [6.07, 6.45) is 5.26. The molecule has 0 amide bonds. The third-order valence-electron chi connectivity index (χ3n) is 16.8. The van der Waals surface area contributed by atoms with Crippen LogP contribution in [-0.2, 0) is 21.7 Å². The maximum absolute atomic E-state index is 2.75. The van der Waals surface area contributed by atoms with Crippen LogP contribution in [0.1, 0.15) is 100 Å². The minimum absolute atomic E-state index is 0.0547. The molecule has 9 aromatic rings. The molecule has 0 saturated carbocycles. The Balaban J connectivity index is 1.00. The Morgan fingerprint density at radius 2 is 0.883 bits per heavy atom. The molecular formula is C58H48N2. The summed E-state index contributed by atoms with van der Waals surface area (Å²) in [6.45, 7) is 19.7. The van der Waals surface area contributed by atoms with Crippen LogP contribution in [0.4, 0.5) is 0 Å². The molecule has 2 nitrogen and oxygen atoms in total. The summed E-state index contributed by atoms with van der Waals surface area (Å²) in [5.74, 6) is 0.308. The number of fused-ring (bicyclic) bond motifs is 3. The van der Waals surface area contributed by atoms with Crippen molar-refractivity contribution >= 4 is 60.0 Å². The van der Waals surface area contributed by atoms with Crippen molar-refractivity contribution in [2.75, 3.05) is 0 Å². The van der Waals surface area contributed by atoms with Gasteiger partial charge in [0.2, 0.25) is 0 Å². The van der Waals surface area contributed by atoms with Crippen molar-refractivity contribution in [2.45, 2.75) is 83.1 Å². The highest BCUT2D eigenvalue weighted by Gasteiger charge is 2.52. The molecule has 14 rings (SSSR count). The molecule has 2 aromatic heterocycles. The zero-order valence-corrected chi connectivity index (χ0v) is 35.8. The largest absolute Gasteiger partial charge is 0.332 e. The Morgan fingerprint density at radius 3 is 1.47 bits per heavy atom. The summed E-state index contributed by atoms with van der Waals surface area (Å²) in [7, 11) is 0. The van der Waals surface area contributed by atoms with Crippen LogP contribution in [0, 0.1) is 5.92 Å². The van der Waals surface area contributed by atoms with Gasteiger partial charge in [-0.2, -0.15) is 0 Å². The second kappa shape index (κ2) is 10.2. The number of allylic oxidation sites excluding steroid dienone is 4. The molecule has 60 heavy (non-hydrogen) atoms. The number of aromatic nitrogens is 2. The first-order valence-electron chi connectivity index (χ1n) is 22.1. The van der Waals surface area contributed by atoms with E-state index in [1.807, 2.05) is 0 Å². The zero-order valence-electron chi connectivity index (χ0n) is 35.8. The lowest BCUT2D eigenvalue weighted by atomic mass is 9.58. The van der Waals surface area contributed by atoms with E-state index >= 15 is 0 Å². The molecule has 0 fully saturated rings. The van der Waals surface area contributed by atoms with Gasteiger partial charge < -0.3 is 9.13 Å². The second-order valence-corrected chi connectivity index (χ2v) is 20.9. The number of rotatable bonds is 2. The van der Waals surface area contributed by atoms with Crippen molar-refractivity contribution in [3.63, 3.8) is 0 Å². The first kappa shape index (κ1) is 33.7. The van der Waals surface area contributed by atoms with Crippen LogP contribution in [0.15, 0.2) is 139 Å². The molecular weight excluding hydrogens is 725 g/mol. The highest BCUT2D eigenvalue weighted by Crippen LogP contribution is 2.62. The highest BCUT2D eigenvalue weighted by molar-refractivity contribution is 6.15. The molecule has 5 aliphatic rings. The van der Waals surface area contributed by atoms with Crippen LogP contribution >= 0.6 is 0 Å². The van der Waals surface area contributed by atoms with E-state index in [1.54, 1.807) is 0 Å². The molecule has 1 aliphatic carbocycles. The topological polar surface area (TPSA) is 9.86 Å². The van der Waals surface area contributed by atoms with E-state index in [0.717, 1.165) is 0 Å². The maximum Gasteiger partial charge on any atom is 0.0635 e. The summed E-state index contributed by atoms with van der Waals surface area (Å²) in [4.78, 5) is 0. The van der Waals surface area contributed by atoms with E-state index in [2.05, 4.69) is 198 Å². The van der Waals surface area contributed by atoms with Gasteiger partial charge in [0.05, 0.1) is 33.8 Å². The Morgan fingerprint density at radius 1 is 0.433 bits per heavy atom. The molecule has 0 N–H and O–H groups in total. The number of hydrogen-bond acceptors (Lipinski definition) is 0. The Kier molecular flexibility index (Phi) is 5.75. The van der Waals surface area contributed by atoms with Gasteiger partial charge in [-0.15, -0.1) is 0 Å². The number of para-hydroxylation sites is 4. The van der Waals surface area contributed by atoms with Gasteiger partial charge in [-0.25, -0.2) is 0 Å². The number of benzene rings is 7. The van der Waals surface area contributed by atoms with E-state index in [9.17, 15) is 0 Å². The molecule has 0 radical (unpaired) electrons. The molecule has 2 atom stereocenters. The zero-order chi connectivity index (χ0) is 40.6. The third-order valence-corrected chi connectivity index (χ3v) is 16.8. The summed E-state index contributed by atoms with van der Waals surface area (Å²) < 4.78 is 5.39. The molecule has 6 heterocycles. The van der Waals surface area contributed by atoms with Crippen LogP contribution in [0.2, 0.25) is 0 Å². The van der Waals surface area contributed by atoms with Gasteiger partial charge in [0.1, 0.15) is 0 Å². The van der Waals surface area contributed by atoms with Crippen LogP contribution in [0.3, 0.4) is 0 Å². The summed E-state index contributed by atoms with van der Waals surface area (Å²) in [5, 5.41) is 8.17. The quantitative estimate of drug-likeness (QED) is 0.166. The van der Waals surface area contributed by atoms with Crippen molar-refractivity contribution in [3.8, 4) is 16.8 Å². The Labute approximate surface area is 351 Å². The standard InChI is InChI=1S/C58H48N2/c1-55(2)41-23-11-19-37-38-20-12-24-42-50(38)59(49(37)41)53-45(55)27-31(28-46(53)56(42,3)4)33-15-9-18-36-34(16-10-17-35(33)36)32-29-47-54-48(30-32)58(7,8)44-26-14-22-40-39-21-13-25-43(57(47,5)6)51(39)60(54)52(40)44/h9-30,45,53H,1-8H3. The van der Waals surface area contributed by atoms with Gasteiger partial charge in [0.25, 0.3) is 0 Å². The van der Waals surface area contributed by atoms with Gasteiger partial charge >= 0.3 is 0 Å².